The number of hydrogen-bond donors (Lipinski definition) is 2. The van der Waals surface area contributed by atoms with E-state index in [2.05, 4.69) is 15.6 Å². The summed E-state index contributed by atoms with van der Waals surface area (Å²) in [5.41, 5.74) is 0.635. The van der Waals surface area contributed by atoms with Crippen LogP contribution >= 0.6 is 0 Å². The number of alkyl halides is 3. The first-order valence-electron chi connectivity index (χ1n) is 13.9. The van der Waals surface area contributed by atoms with E-state index in [1.807, 2.05) is 0 Å². The number of carbonyl (C=O) groups is 4. The highest BCUT2D eigenvalue weighted by Crippen LogP contribution is 2.33. The van der Waals surface area contributed by atoms with Gasteiger partial charge in [-0.1, -0.05) is 24.3 Å². The molecule has 3 aromatic carbocycles. The van der Waals surface area contributed by atoms with Gasteiger partial charge in [0.2, 0.25) is 5.91 Å². The molecule has 5 rings (SSSR count). The third kappa shape index (κ3) is 7.35. The average Bonchev–Trinajstić information content (AvgIpc) is 3.27. The summed E-state index contributed by atoms with van der Waals surface area (Å²) in [6.45, 7) is -0.119. The third-order valence-corrected chi connectivity index (χ3v) is 7.07. The molecule has 2 heterocycles. The van der Waals surface area contributed by atoms with Crippen molar-refractivity contribution in [2.75, 3.05) is 18.9 Å². The smallest absolute Gasteiger partial charge is 0.416 e. The highest BCUT2D eigenvalue weighted by molar-refractivity contribution is 6.21. The zero-order chi connectivity index (χ0) is 32.1. The second kappa shape index (κ2) is 13.0. The summed E-state index contributed by atoms with van der Waals surface area (Å²) in [4.78, 5) is 54.9. The van der Waals surface area contributed by atoms with Crippen LogP contribution in [0.5, 0.6) is 11.5 Å². The SMILES string of the molecule is CNC(=O)c1cc(Oc2cccc(CCC(=O)Nc3cc(CCN4C(=O)c5ccccc5C4=O)cc(C(F)(F)F)c3)c2)ccn1. The molecule has 1 aliphatic rings. The molecule has 2 N–H and O–H groups in total. The van der Waals surface area contributed by atoms with Gasteiger partial charge in [0.15, 0.2) is 0 Å². The Balaban J connectivity index is 1.22. The van der Waals surface area contributed by atoms with Crippen LogP contribution in [0.15, 0.2) is 85.1 Å². The summed E-state index contributed by atoms with van der Waals surface area (Å²) in [5, 5.41) is 5.03. The van der Waals surface area contributed by atoms with Crippen molar-refractivity contribution < 1.29 is 37.1 Å². The largest absolute Gasteiger partial charge is 0.457 e. The predicted molar refractivity (Wildman–Crippen MR) is 158 cm³/mol. The summed E-state index contributed by atoms with van der Waals surface area (Å²) in [5.74, 6) is -1.02. The number of pyridine rings is 1. The van der Waals surface area contributed by atoms with Crippen molar-refractivity contribution in [2.45, 2.75) is 25.4 Å². The van der Waals surface area contributed by atoms with E-state index in [0.717, 1.165) is 22.6 Å². The topological polar surface area (TPSA) is 118 Å². The van der Waals surface area contributed by atoms with Crippen LogP contribution in [-0.4, -0.2) is 47.1 Å². The average molecular weight is 617 g/mol. The fraction of sp³-hybridized carbons (Fsp3) is 0.182. The molecule has 0 saturated carbocycles. The molecule has 230 valence electrons. The molecule has 0 saturated heterocycles. The van der Waals surface area contributed by atoms with E-state index < -0.39 is 29.5 Å². The van der Waals surface area contributed by atoms with Crippen molar-refractivity contribution in [2.24, 2.45) is 0 Å². The molecule has 45 heavy (non-hydrogen) atoms. The summed E-state index contributed by atoms with van der Waals surface area (Å²) >= 11 is 0. The van der Waals surface area contributed by atoms with Gasteiger partial charge in [-0.25, -0.2) is 0 Å². The van der Waals surface area contributed by atoms with Gasteiger partial charge >= 0.3 is 6.18 Å². The number of anilines is 1. The Kier molecular flexibility index (Phi) is 8.93. The second-order valence-corrected chi connectivity index (χ2v) is 10.2. The Morgan fingerprint density at radius 1 is 0.844 bits per heavy atom. The molecule has 4 amide bonds. The predicted octanol–water partition coefficient (Wildman–Crippen LogP) is 5.66. The van der Waals surface area contributed by atoms with Crippen molar-refractivity contribution in [3.8, 4) is 11.5 Å². The Hall–Kier alpha value is -5.52. The van der Waals surface area contributed by atoms with Crippen LogP contribution in [-0.2, 0) is 23.8 Å². The quantitative estimate of drug-likeness (QED) is 0.222. The van der Waals surface area contributed by atoms with E-state index in [1.165, 1.54) is 37.5 Å². The van der Waals surface area contributed by atoms with Gasteiger partial charge in [-0.2, -0.15) is 13.2 Å². The van der Waals surface area contributed by atoms with Crippen LogP contribution in [0.4, 0.5) is 18.9 Å². The van der Waals surface area contributed by atoms with Gasteiger partial charge in [0.1, 0.15) is 17.2 Å². The number of fused-ring (bicyclic) bond motifs is 1. The van der Waals surface area contributed by atoms with Crippen molar-refractivity contribution in [1.82, 2.24) is 15.2 Å². The number of aryl methyl sites for hydroxylation is 1. The minimum absolute atomic E-state index is 0.0276. The first-order chi connectivity index (χ1) is 21.5. The molecule has 9 nitrogen and oxygen atoms in total. The Morgan fingerprint density at radius 3 is 2.24 bits per heavy atom. The Bertz CT molecular complexity index is 1760. The lowest BCUT2D eigenvalue weighted by Gasteiger charge is -2.16. The van der Waals surface area contributed by atoms with E-state index in [4.69, 9.17) is 4.74 Å². The van der Waals surface area contributed by atoms with E-state index >= 15 is 0 Å². The lowest BCUT2D eigenvalue weighted by Crippen LogP contribution is -2.31. The fourth-order valence-corrected chi connectivity index (χ4v) is 4.86. The highest BCUT2D eigenvalue weighted by atomic mass is 19.4. The zero-order valence-electron chi connectivity index (χ0n) is 24.0. The van der Waals surface area contributed by atoms with Crippen LogP contribution in [0.3, 0.4) is 0 Å². The minimum Gasteiger partial charge on any atom is -0.457 e. The Morgan fingerprint density at radius 2 is 1.56 bits per heavy atom. The molecule has 0 spiro atoms. The summed E-state index contributed by atoms with van der Waals surface area (Å²) in [6, 6.07) is 19.5. The maximum absolute atomic E-state index is 13.7. The lowest BCUT2D eigenvalue weighted by molar-refractivity contribution is -0.137. The number of benzene rings is 3. The van der Waals surface area contributed by atoms with Gasteiger partial charge in [0.25, 0.3) is 17.7 Å². The van der Waals surface area contributed by atoms with Crippen LogP contribution in [0.2, 0.25) is 0 Å². The number of rotatable bonds is 10. The normalized spacial score (nSPS) is 12.6. The zero-order valence-corrected chi connectivity index (χ0v) is 24.0. The van der Waals surface area contributed by atoms with Crippen LogP contribution in [0.25, 0.3) is 0 Å². The van der Waals surface area contributed by atoms with Gasteiger partial charge in [-0.15, -0.1) is 0 Å². The standard InChI is InChI=1S/C33H27F3N4O5/c1-37-30(42)28-19-25(11-13-38-28)45-24-6-4-5-20(17-24)9-10-29(41)39-23-16-21(15-22(18-23)33(34,35)36)12-14-40-31(43)26-7-2-3-8-27(26)32(40)44/h2-8,11,13,15-19H,9-10,12,14H2,1H3,(H,37,42)(H,39,41). The van der Waals surface area contributed by atoms with Crippen molar-refractivity contribution in [3.63, 3.8) is 0 Å². The van der Waals surface area contributed by atoms with Crippen LogP contribution in [0, 0.1) is 0 Å². The number of ether oxygens (including phenoxy) is 1. The van der Waals surface area contributed by atoms with E-state index in [9.17, 15) is 32.3 Å². The molecule has 0 unspecified atom stereocenters. The minimum atomic E-state index is -4.68. The van der Waals surface area contributed by atoms with Crippen LogP contribution in [0.1, 0.15) is 54.3 Å². The number of nitrogens with zero attached hydrogens (tertiary/aromatic N) is 2. The summed E-state index contributed by atoms with van der Waals surface area (Å²) < 4.78 is 47.0. The summed E-state index contributed by atoms with van der Waals surface area (Å²) in [6.07, 6.45) is -3.03. The molecule has 0 atom stereocenters. The number of halogens is 3. The van der Waals surface area contributed by atoms with Gasteiger partial charge in [0, 0.05) is 38.0 Å². The van der Waals surface area contributed by atoms with Crippen LogP contribution < -0.4 is 15.4 Å². The molecule has 0 aliphatic carbocycles. The molecule has 1 aromatic heterocycles. The number of nitrogens with one attached hydrogen (secondary N) is 2. The Labute approximate surface area is 256 Å². The molecular weight excluding hydrogens is 589 g/mol. The number of imide groups is 1. The maximum Gasteiger partial charge on any atom is 0.416 e. The second-order valence-electron chi connectivity index (χ2n) is 10.2. The molecular formula is C33H27F3N4O5. The number of carbonyl (C=O) groups excluding carboxylic acids is 4. The highest BCUT2D eigenvalue weighted by Gasteiger charge is 2.35. The molecule has 12 heteroatoms. The van der Waals surface area contributed by atoms with E-state index in [0.29, 0.717) is 11.5 Å². The number of hydrogen-bond acceptors (Lipinski definition) is 6. The lowest BCUT2D eigenvalue weighted by atomic mass is 10.1. The van der Waals surface area contributed by atoms with Crippen molar-refractivity contribution in [1.29, 1.82) is 0 Å². The first-order valence-corrected chi connectivity index (χ1v) is 13.9. The van der Waals surface area contributed by atoms with Crippen molar-refractivity contribution in [3.05, 3.63) is 119 Å². The monoisotopic (exact) mass is 616 g/mol. The summed E-state index contributed by atoms with van der Waals surface area (Å²) in [7, 11) is 1.49. The molecule has 4 aromatic rings. The fourth-order valence-electron chi connectivity index (χ4n) is 4.86. The number of aromatic nitrogens is 1. The van der Waals surface area contributed by atoms with Gasteiger partial charge in [0.05, 0.1) is 16.7 Å². The molecule has 0 fully saturated rings. The van der Waals surface area contributed by atoms with Gasteiger partial charge in [-0.05, 0) is 72.5 Å². The molecule has 0 bridgehead atoms. The van der Waals surface area contributed by atoms with Gasteiger partial charge < -0.3 is 15.4 Å². The first kappa shape index (κ1) is 30.9. The number of amides is 4. The van der Waals surface area contributed by atoms with Crippen molar-refractivity contribution >= 4 is 29.3 Å². The van der Waals surface area contributed by atoms with E-state index in [-0.39, 0.29) is 59.8 Å². The third-order valence-electron chi connectivity index (χ3n) is 7.07. The maximum atomic E-state index is 13.7. The van der Waals surface area contributed by atoms with E-state index in [1.54, 1.807) is 42.5 Å². The van der Waals surface area contributed by atoms with Gasteiger partial charge in [-0.3, -0.25) is 29.1 Å². The molecule has 1 aliphatic heterocycles. The molecule has 0 radical (unpaired) electrons.